The lowest BCUT2D eigenvalue weighted by atomic mass is 9.96. The van der Waals surface area contributed by atoms with Gasteiger partial charge in [0, 0.05) is 7.05 Å². The average molecular weight is 328 g/mol. The first-order valence-corrected chi connectivity index (χ1v) is 8.34. The van der Waals surface area contributed by atoms with Crippen LogP contribution in [0.5, 0.6) is 0 Å². The van der Waals surface area contributed by atoms with Crippen LogP contribution < -0.4 is 5.32 Å². The molecule has 0 bridgehead atoms. The maximum atomic E-state index is 12.5. The number of hydrogen-bond donors (Lipinski definition) is 1. The summed E-state index contributed by atoms with van der Waals surface area (Å²) in [5, 5.41) is 3.87. The fourth-order valence-corrected chi connectivity index (χ4v) is 3.12. The van der Waals surface area contributed by atoms with E-state index in [0.717, 1.165) is 17.9 Å². The van der Waals surface area contributed by atoms with Crippen molar-refractivity contribution < 1.29 is 19.2 Å². The zero-order chi connectivity index (χ0) is 17.8. The molecule has 6 nitrogen and oxygen atoms in total. The van der Waals surface area contributed by atoms with Gasteiger partial charge in [0.1, 0.15) is 11.6 Å². The minimum atomic E-state index is -0.628. The van der Waals surface area contributed by atoms with Crippen LogP contribution in [-0.2, 0) is 14.4 Å². The number of nitrogens with zero attached hydrogens (tertiary/aromatic N) is 1. The molecule has 0 aromatic carbocycles. The van der Waals surface area contributed by atoms with E-state index in [4.69, 9.17) is 9.57 Å². The molecule has 0 heterocycles. The van der Waals surface area contributed by atoms with Crippen LogP contribution in [-0.4, -0.2) is 42.9 Å². The van der Waals surface area contributed by atoms with Crippen molar-refractivity contribution in [2.45, 2.75) is 65.5 Å². The molecule has 23 heavy (non-hydrogen) atoms. The van der Waals surface area contributed by atoms with Gasteiger partial charge in [-0.25, -0.2) is 9.86 Å². The second kappa shape index (κ2) is 7.99. The van der Waals surface area contributed by atoms with Gasteiger partial charge in [-0.05, 0) is 57.8 Å². The summed E-state index contributed by atoms with van der Waals surface area (Å²) in [6, 6.07) is -0.628. The number of nitrogens with one attached hydrogen (secondary N) is 1. The Hall–Kier alpha value is -1.30. The number of carbonyl (C=O) groups is 2. The summed E-state index contributed by atoms with van der Waals surface area (Å²) in [5.41, 5.74) is -0.596. The third-order valence-electron chi connectivity index (χ3n) is 4.52. The zero-order valence-electron chi connectivity index (χ0n) is 15.5. The molecule has 0 saturated heterocycles. The number of alkyl carbamates (subject to hydrolysis) is 1. The lowest BCUT2D eigenvalue weighted by molar-refractivity contribution is -0.171. The number of likely N-dealkylation sites (N-methyl/N-ethyl adjacent to an activating group) is 1. The van der Waals surface area contributed by atoms with Crippen LogP contribution in [0.2, 0.25) is 0 Å². The summed E-state index contributed by atoms with van der Waals surface area (Å²) in [4.78, 5) is 29.5. The van der Waals surface area contributed by atoms with E-state index in [9.17, 15) is 9.59 Å². The Bertz CT molecular complexity index is 409. The van der Waals surface area contributed by atoms with E-state index < -0.39 is 17.7 Å². The molecule has 1 fully saturated rings. The van der Waals surface area contributed by atoms with Crippen LogP contribution in [0.25, 0.3) is 0 Å². The van der Waals surface area contributed by atoms with Gasteiger partial charge < -0.3 is 10.1 Å². The van der Waals surface area contributed by atoms with Crippen molar-refractivity contribution in [3.8, 4) is 0 Å². The first kappa shape index (κ1) is 19.7. The number of hydrogen-bond acceptors (Lipinski definition) is 4. The largest absolute Gasteiger partial charge is 0.444 e. The molecule has 0 spiro atoms. The monoisotopic (exact) mass is 328 g/mol. The SMILES string of the molecule is CON(C)C(=O)[C@H](CC1C[C@@H](C)[C@@H](C)C1)NC(=O)OC(C)(C)C. The van der Waals surface area contributed by atoms with E-state index in [1.165, 1.54) is 7.11 Å². The van der Waals surface area contributed by atoms with E-state index in [1.54, 1.807) is 27.8 Å². The maximum absolute atomic E-state index is 12.5. The predicted octanol–water partition coefficient (Wildman–Crippen LogP) is 2.97. The molecule has 134 valence electrons. The number of hydroxylamine groups is 2. The van der Waals surface area contributed by atoms with Crippen LogP contribution in [0, 0.1) is 17.8 Å². The first-order valence-electron chi connectivity index (χ1n) is 8.34. The molecular weight excluding hydrogens is 296 g/mol. The predicted molar refractivity (Wildman–Crippen MR) is 88.6 cm³/mol. The smallest absolute Gasteiger partial charge is 0.408 e. The molecule has 4 atom stereocenters. The Labute approximate surface area is 139 Å². The molecule has 1 rings (SSSR count). The van der Waals surface area contributed by atoms with Crippen molar-refractivity contribution in [3.05, 3.63) is 0 Å². The van der Waals surface area contributed by atoms with E-state index >= 15 is 0 Å². The van der Waals surface area contributed by atoms with Gasteiger partial charge >= 0.3 is 6.09 Å². The van der Waals surface area contributed by atoms with Gasteiger partial charge in [-0.1, -0.05) is 13.8 Å². The third-order valence-corrected chi connectivity index (χ3v) is 4.52. The quantitative estimate of drug-likeness (QED) is 0.788. The Kier molecular flexibility index (Phi) is 6.86. The molecule has 1 saturated carbocycles. The van der Waals surface area contributed by atoms with Crippen molar-refractivity contribution in [1.29, 1.82) is 0 Å². The molecule has 1 N–H and O–H groups in total. The molecule has 2 amide bonds. The maximum Gasteiger partial charge on any atom is 0.408 e. The standard InChI is InChI=1S/C17H32N2O4/c1-11-8-13(9-12(11)2)10-14(15(20)19(6)22-7)18-16(21)23-17(3,4)5/h11-14H,8-10H2,1-7H3,(H,18,21)/t11-,12+,13?,14-/m0/s1. The minimum absolute atomic E-state index is 0.259. The zero-order valence-corrected chi connectivity index (χ0v) is 15.5. The summed E-state index contributed by atoms with van der Waals surface area (Å²) < 4.78 is 5.28. The highest BCUT2D eigenvalue weighted by Gasteiger charge is 2.34. The third kappa shape index (κ3) is 6.37. The molecule has 1 aliphatic carbocycles. The summed E-state index contributed by atoms with van der Waals surface area (Å²) in [6.45, 7) is 9.87. The summed E-state index contributed by atoms with van der Waals surface area (Å²) in [5.74, 6) is 1.47. The fraction of sp³-hybridized carbons (Fsp3) is 0.882. The first-order chi connectivity index (χ1) is 10.5. The topological polar surface area (TPSA) is 67.9 Å². The summed E-state index contributed by atoms with van der Waals surface area (Å²) in [6.07, 6.45) is 2.20. The molecule has 0 radical (unpaired) electrons. The molecule has 0 aliphatic heterocycles. The van der Waals surface area contributed by atoms with E-state index in [2.05, 4.69) is 19.2 Å². The highest BCUT2D eigenvalue weighted by atomic mass is 16.7. The number of rotatable bonds is 5. The molecular formula is C17H32N2O4. The number of amides is 2. The van der Waals surface area contributed by atoms with Gasteiger partial charge in [0.05, 0.1) is 7.11 Å². The van der Waals surface area contributed by atoms with Crippen molar-refractivity contribution in [2.75, 3.05) is 14.2 Å². The summed E-state index contributed by atoms with van der Waals surface area (Å²) in [7, 11) is 2.98. The van der Waals surface area contributed by atoms with Crippen LogP contribution in [0.3, 0.4) is 0 Å². The molecule has 1 unspecified atom stereocenters. The van der Waals surface area contributed by atoms with Gasteiger partial charge in [0.15, 0.2) is 0 Å². The Morgan fingerprint density at radius 1 is 1.22 bits per heavy atom. The highest BCUT2D eigenvalue weighted by molar-refractivity contribution is 5.84. The molecule has 1 aliphatic rings. The van der Waals surface area contributed by atoms with Crippen LogP contribution >= 0.6 is 0 Å². The molecule has 0 aromatic rings. The van der Waals surface area contributed by atoms with Crippen molar-refractivity contribution in [2.24, 2.45) is 17.8 Å². The number of ether oxygens (including phenoxy) is 1. The van der Waals surface area contributed by atoms with Gasteiger partial charge in [-0.2, -0.15) is 0 Å². The van der Waals surface area contributed by atoms with Gasteiger partial charge in [0.25, 0.3) is 5.91 Å². The Morgan fingerprint density at radius 3 is 2.17 bits per heavy atom. The fourth-order valence-electron chi connectivity index (χ4n) is 3.12. The Morgan fingerprint density at radius 2 is 1.74 bits per heavy atom. The molecule has 6 heteroatoms. The van der Waals surface area contributed by atoms with E-state index in [0.29, 0.717) is 24.2 Å². The van der Waals surface area contributed by atoms with Gasteiger partial charge in [0.2, 0.25) is 0 Å². The second-order valence-corrected chi connectivity index (χ2v) is 7.74. The highest BCUT2D eigenvalue weighted by Crippen LogP contribution is 2.38. The minimum Gasteiger partial charge on any atom is -0.444 e. The van der Waals surface area contributed by atoms with Crippen LogP contribution in [0.4, 0.5) is 4.79 Å². The van der Waals surface area contributed by atoms with E-state index in [1.807, 2.05) is 0 Å². The second-order valence-electron chi connectivity index (χ2n) is 7.74. The average Bonchev–Trinajstić information content (AvgIpc) is 2.72. The van der Waals surface area contributed by atoms with Crippen molar-refractivity contribution in [3.63, 3.8) is 0 Å². The van der Waals surface area contributed by atoms with Crippen molar-refractivity contribution >= 4 is 12.0 Å². The lowest BCUT2D eigenvalue weighted by Crippen LogP contribution is -2.49. The van der Waals surface area contributed by atoms with Gasteiger partial charge in [-0.15, -0.1) is 0 Å². The summed E-state index contributed by atoms with van der Waals surface area (Å²) >= 11 is 0. The Balaban J connectivity index is 2.73. The molecule has 0 aromatic heterocycles. The van der Waals surface area contributed by atoms with Crippen molar-refractivity contribution in [1.82, 2.24) is 10.4 Å². The van der Waals surface area contributed by atoms with Crippen LogP contribution in [0.1, 0.15) is 53.9 Å². The van der Waals surface area contributed by atoms with Gasteiger partial charge in [-0.3, -0.25) is 9.63 Å². The number of carbonyl (C=O) groups excluding carboxylic acids is 2. The normalized spacial score (nSPS) is 25.8. The van der Waals surface area contributed by atoms with Crippen LogP contribution in [0.15, 0.2) is 0 Å². The lowest BCUT2D eigenvalue weighted by Gasteiger charge is -2.27. The van der Waals surface area contributed by atoms with E-state index in [-0.39, 0.29) is 5.91 Å².